The zero-order valence-corrected chi connectivity index (χ0v) is 17.5. The molecule has 0 bridgehead atoms. The number of likely N-dealkylation sites (tertiary alicyclic amines) is 1. The van der Waals surface area contributed by atoms with Gasteiger partial charge in [-0.3, -0.25) is 4.90 Å². The van der Waals surface area contributed by atoms with Crippen molar-refractivity contribution in [2.24, 2.45) is 5.92 Å². The van der Waals surface area contributed by atoms with Crippen molar-refractivity contribution in [2.45, 2.75) is 32.7 Å². The average Bonchev–Trinajstić information content (AvgIpc) is 2.72. The first-order valence-electron chi connectivity index (χ1n) is 10.2. The molecule has 4 rings (SSSR count). The van der Waals surface area contributed by atoms with Crippen LogP contribution in [-0.4, -0.2) is 18.0 Å². The average molecular weight is 392 g/mol. The van der Waals surface area contributed by atoms with E-state index in [2.05, 4.69) is 90.7 Å². The Bertz CT molecular complexity index is 852. The molecular weight excluding hydrogens is 362 g/mol. The minimum Gasteiger partial charge on any atom is -0.299 e. The van der Waals surface area contributed by atoms with Gasteiger partial charge in [-0.2, -0.15) is 0 Å². The van der Waals surface area contributed by atoms with E-state index < -0.39 is 0 Å². The Morgan fingerprint density at radius 2 is 1.43 bits per heavy atom. The van der Waals surface area contributed by atoms with E-state index in [0.717, 1.165) is 12.5 Å². The van der Waals surface area contributed by atoms with Crippen LogP contribution in [0.3, 0.4) is 0 Å². The molecule has 0 saturated carbocycles. The lowest BCUT2D eigenvalue weighted by molar-refractivity contribution is 0.177. The highest BCUT2D eigenvalue weighted by molar-refractivity contribution is 5.85. The van der Waals surface area contributed by atoms with Gasteiger partial charge in [0.15, 0.2) is 0 Å². The highest BCUT2D eigenvalue weighted by Crippen LogP contribution is 2.26. The molecule has 1 aliphatic heterocycles. The molecule has 0 N–H and O–H groups in total. The van der Waals surface area contributed by atoms with Crippen molar-refractivity contribution in [3.63, 3.8) is 0 Å². The number of nitrogens with zero attached hydrogens (tertiary/aromatic N) is 1. The molecule has 2 heteroatoms. The highest BCUT2D eigenvalue weighted by atomic mass is 35.5. The second-order valence-corrected chi connectivity index (χ2v) is 7.92. The molecule has 0 aromatic heterocycles. The summed E-state index contributed by atoms with van der Waals surface area (Å²) < 4.78 is 0. The normalized spacial score (nSPS) is 15.2. The molecule has 3 aromatic carbocycles. The van der Waals surface area contributed by atoms with Crippen LogP contribution >= 0.6 is 12.4 Å². The summed E-state index contributed by atoms with van der Waals surface area (Å²) in [4.78, 5) is 2.63. The number of rotatable bonds is 5. The summed E-state index contributed by atoms with van der Waals surface area (Å²) in [6.07, 6.45) is 3.87. The van der Waals surface area contributed by atoms with Crippen LogP contribution in [0.4, 0.5) is 0 Å². The monoisotopic (exact) mass is 391 g/mol. The Kier molecular flexibility index (Phi) is 7.30. The Morgan fingerprint density at radius 1 is 0.786 bits per heavy atom. The molecule has 28 heavy (non-hydrogen) atoms. The summed E-state index contributed by atoms with van der Waals surface area (Å²) >= 11 is 0. The van der Waals surface area contributed by atoms with Gasteiger partial charge in [-0.1, -0.05) is 78.9 Å². The fraction of sp³-hybridized carbons (Fsp3) is 0.308. The standard InChI is InChI=1S/C26H29N.ClH/c1-21-18-25(24-10-6-3-7-11-24)12-13-26(21)20-27-16-14-23(15-17-27)19-22-8-4-2-5-9-22;/h2-13,18,23H,14-17,19-20H2,1H3;1H. The molecule has 0 amide bonds. The fourth-order valence-corrected chi connectivity index (χ4v) is 4.22. The lowest BCUT2D eigenvalue weighted by atomic mass is 9.90. The van der Waals surface area contributed by atoms with Gasteiger partial charge < -0.3 is 0 Å². The first kappa shape index (κ1) is 20.6. The van der Waals surface area contributed by atoms with E-state index in [4.69, 9.17) is 0 Å². The van der Waals surface area contributed by atoms with Crippen LogP contribution in [-0.2, 0) is 13.0 Å². The van der Waals surface area contributed by atoms with Crippen LogP contribution < -0.4 is 0 Å². The molecule has 1 nitrogen and oxygen atoms in total. The van der Waals surface area contributed by atoms with Crippen molar-refractivity contribution >= 4 is 12.4 Å². The lowest BCUT2D eigenvalue weighted by Gasteiger charge is -2.32. The van der Waals surface area contributed by atoms with E-state index in [0.29, 0.717) is 0 Å². The number of hydrogen-bond acceptors (Lipinski definition) is 1. The van der Waals surface area contributed by atoms with Gasteiger partial charge in [-0.05, 0) is 73.0 Å². The third-order valence-electron chi connectivity index (χ3n) is 5.92. The Hall–Kier alpha value is -2.09. The van der Waals surface area contributed by atoms with Gasteiger partial charge in [-0.15, -0.1) is 12.4 Å². The third-order valence-corrected chi connectivity index (χ3v) is 5.92. The van der Waals surface area contributed by atoms with Gasteiger partial charge in [-0.25, -0.2) is 0 Å². The molecule has 1 fully saturated rings. The smallest absolute Gasteiger partial charge is 0.0236 e. The van der Waals surface area contributed by atoms with E-state index >= 15 is 0 Å². The summed E-state index contributed by atoms with van der Waals surface area (Å²) in [5.41, 5.74) is 6.98. The van der Waals surface area contributed by atoms with Gasteiger partial charge in [0.25, 0.3) is 0 Å². The zero-order valence-electron chi connectivity index (χ0n) is 16.7. The molecule has 3 aromatic rings. The second kappa shape index (κ2) is 9.91. The summed E-state index contributed by atoms with van der Waals surface area (Å²) in [5.74, 6) is 0.838. The quantitative estimate of drug-likeness (QED) is 0.477. The van der Waals surface area contributed by atoms with Crippen molar-refractivity contribution in [3.05, 3.63) is 95.6 Å². The molecule has 0 spiro atoms. The van der Waals surface area contributed by atoms with Crippen molar-refractivity contribution in [2.75, 3.05) is 13.1 Å². The molecule has 0 atom stereocenters. The van der Waals surface area contributed by atoms with Gasteiger partial charge in [0.2, 0.25) is 0 Å². The number of piperidine rings is 1. The second-order valence-electron chi connectivity index (χ2n) is 7.92. The Balaban J connectivity index is 0.00000225. The van der Waals surface area contributed by atoms with E-state index in [9.17, 15) is 0 Å². The predicted molar refractivity (Wildman–Crippen MR) is 122 cm³/mol. The van der Waals surface area contributed by atoms with Gasteiger partial charge in [0.05, 0.1) is 0 Å². The maximum atomic E-state index is 2.63. The summed E-state index contributed by atoms with van der Waals surface area (Å²) in [6.45, 7) is 5.78. The lowest BCUT2D eigenvalue weighted by Crippen LogP contribution is -2.34. The Labute approximate surface area is 175 Å². The number of hydrogen-bond donors (Lipinski definition) is 0. The van der Waals surface area contributed by atoms with Crippen molar-refractivity contribution in [3.8, 4) is 11.1 Å². The molecular formula is C26H30ClN. The van der Waals surface area contributed by atoms with Crippen LogP contribution in [0, 0.1) is 12.8 Å². The summed E-state index contributed by atoms with van der Waals surface area (Å²) in [6, 6.07) is 28.6. The summed E-state index contributed by atoms with van der Waals surface area (Å²) in [5, 5.41) is 0. The van der Waals surface area contributed by atoms with Crippen LogP contribution in [0.15, 0.2) is 78.9 Å². The largest absolute Gasteiger partial charge is 0.299 e. The van der Waals surface area contributed by atoms with Crippen LogP contribution in [0.5, 0.6) is 0 Å². The summed E-state index contributed by atoms with van der Waals surface area (Å²) in [7, 11) is 0. The first-order chi connectivity index (χ1) is 13.3. The molecule has 0 aliphatic carbocycles. The molecule has 146 valence electrons. The molecule has 0 radical (unpaired) electrons. The van der Waals surface area contributed by atoms with E-state index in [-0.39, 0.29) is 12.4 Å². The maximum Gasteiger partial charge on any atom is 0.0236 e. The third kappa shape index (κ3) is 5.25. The predicted octanol–water partition coefficient (Wildman–Crippen LogP) is 6.54. The maximum absolute atomic E-state index is 2.63. The van der Waals surface area contributed by atoms with Crippen LogP contribution in [0.2, 0.25) is 0 Å². The number of halogens is 1. The SMILES string of the molecule is Cc1cc(-c2ccccc2)ccc1CN1CCC(Cc2ccccc2)CC1.Cl. The van der Waals surface area contributed by atoms with Crippen molar-refractivity contribution in [1.82, 2.24) is 4.90 Å². The van der Waals surface area contributed by atoms with E-state index in [1.807, 2.05) is 0 Å². The first-order valence-corrected chi connectivity index (χ1v) is 10.2. The van der Waals surface area contributed by atoms with Crippen molar-refractivity contribution in [1.29, 1.82) is 0 Å². The van der Waals surface area contributed by atoms with Crippen LogP contribution in [0.25, 0.3) is 11.1 Å². The Morgan fingerprint density at radius 3 is 2.07 bits per heavy atom. The van der Waals surface area contributed by atoms with Gasteiger partial charge in [0, 0.05) is 6.54 Å². The number of benzene rings is 3. The molecule has 1 aliphatic rings. The zero-order chi connectivity index (χ0) is 18.5. The van der Waals surface area contributed by atoms with E-state index in [1.54, 1.807) is 0 Å². The minimum absolute atomic E-state index is 0. The van der Waals surface area contributed by atoms with E-state index in [1.165, 1.54) is 60.2 Å². The van der Waals surface area contributed by atoms with Crippen molar-refractivity contribution < 1.29 is 0 Å². The molecule has 1 saturated heterocycles. The van der Waals surface area contributed by atoms with Gasteiger partial charge >= 0.3 is 0 Å². The molecule has 1 heterocycles. The molecule has 0 unspecified atom stereocenters. The van der Waals surface area contributed by atoms with Gasteiger partial charge in [0.1, 0.15) is 0 Å². The fourth-order valence-electron chi connectivity index (χ4n) is 4.22. The minimum atomic E-state index is 0. The number of aryl methyl sites for hydroxylation is 1. The topological polar surface area (TPSA) is 3.24 Å². The van der Waals surface area contributed by atoms with Crippen LogP contribution in [0.1, 0.15) is 29.5 Å². The highest BCUT2D eigenvalue weighted by Gasteiger charge is 2.20.